The molecule has 0 fully saturated rings. The number of aliphatic hydroxyl groups excluding tert-OH is 1. The van der Waals surface area contributed by atoms with Crippen LogP contribution in [0.1, 0.15) is 29.7 Å². The van der Waals surface area contributed by atoms with Crippen molar-refractivity contribution in [1.29, 1.82) is 0 Å². The Morgan fingerprint density at radius 2 is 1.74 bits per heavy atom. The number of halogens is 1. The van der Waals surface area contributed by atoms with Crippen molar-refractivity contribution in [1.82, 2.24) is 0 Å². The predicted octanol–water partition coefficient (Wildman–Crippen LogP) is 4.33. The van der Waals surface area contributed by atoms with Crippen LogP contribution in [0.25, 0.3) is 0 Å². The predicted molar refractivity (Wildman–Crippen MR) is 78.0 cm³/mol. The molecule has 1 nitrogen and oxygen atoms in total. The van der Waals surface area contributed by atoms with Crippen LogP contribution in [0.3, 0.4) is 0 Å². The second-order valence-corrected chi connectivity index (χ2v) is 5.75. The molecule has 1 N–H and O–H groups in total. The van der Waals surface area contributed by atoms with Crippen LogP contribution >= 0.6 is 11.8 Å². The lowest BCUT2D eigenvalue weighted by molar-refractivity contribution is 0.220. The van der Waals surface area contributed by atoms with Gasteiger partial charge in [-0.15, -0.1) is 11.8 Å². The molecule has 0 aliphatic carbocycles. The SMILES string of the molecule is CCSc1ccc(C(O)c2ccc(F)c(C)c2)cc1. The van der Waals surface area contributed by atoms with Crippen molar-refractivity contribution in [3.63, 3.8) is 0 Å². The van der Waals surface area contributed by atoms with Crippen molar-refractivity contribution in [3.8, 4) is 0 Å². The van der Waals surface area contributed by atoms with Gasteiger partial charge in [-0.25, -0.2) is 4.39 Å². The second kappa shape index (κ2) is 6.22. The van der Waals surface area contributed by atoms with Gasteiger partial charge in [0.2, 0.25) is 0 Å². The summed E-state index contributed by atoms with van der Waals surface area (Å²) in [6.45, 7) is 3.81. The Balaban J connectivity index is 2.22. The number of rotatable bonds is 4. The van der Waals surface area contributed by atoms with Gasteiger partial charge in [-0.3, -0.25) is 0 Å². The maximum absolute atomic E-state index is 13.2. The zero-order chi connectivity index (χ0) is 13.8. The van der Waals surface area contributed by atoms with Crippen LogP contribution in [0.5, 0.6) is 0 Å². The Kier molecular flexibility index (Phi) is 4.61. The molecule has 1 unspecified atom stereocenters. The number of aliphatic hydroxyl groups is 1. The molecule has 0 saturated carbocycles. The van der Waals surface area contributed by atoms with Gasteiger partial charge in [0, 0.05) is 4.90 Å². The Hall–Kier alpha value is -1.32. The standard InChI is InChI=1S/C16H17FOS/c1-3-19-14-7-4-12(5-8-14)16(18)13-6-9-15(17)11(2)10-13/h4-10,16,18H,3H2,1-2H3. The van der Waals surface area contributed by atoms with Gasteiger partial charge in [0.1, 0.15) is 11.9 Å². The highest BCUT2D eigenvalue weighted by molar-refractivity contribution is 7.99. The van der Waals surface area contributed by atoms with Crippen LogP contribution in [0.4, 0.5) is 4.39 Å². The van der Waals surface area contributed by atoms with Crippen LogP contribution < -0.4 is 0 Å². The molecule has 0 spiro atoms. The van der Waals surface area contributed by atoms with Crippen LogP contribution in [-0.2, 0) is 0 Å². The molecule has 0 heterocycles. The Labute approximate surface area is 117 Å². The summed E-state index contributed by atoms with van der Waals surface area (Å²) in [6, 6.07) is 12.6. The first-order valence-electron chi connectivity index (χ1n) is 6.28. The van der Waals surface area contributed by atoms with Crippen LogP contribution in [0.2, 0.25) is 0 Å². The second-order valence-electron chi connectivity index (χ2n) is 4.41. The molecular weight excluding hydrogens is 259 g/mol. The molecular formula is C16H17FOS. The van der Waals surface area contributed by atoms with Crippen molar-refractivity contribution >= 4 is 11.8 Å². The normalized spacial score (nSPS) is 12.4. The molecule has 2 aromatic rings. The van der Waals surface area contributed by atoms with Crippen molar-refractivity contribution in [3.05, 3.63) is 65.0 Å². The first-order valence-corrected chi connectivity index (χ1v) is 7.27. The molecule has 0 bridgehead atoms. The zero-order valence-electron chi connectivity index (χ0n) is 11.1. The minimum absolute atomic E-state index is 0.245. The molecule has 19 heavy (non-hydrogen) atoms. The van der Waals surface area contributed by atoms with Gasteiger partial charge in [-0.05, 0) is 47.6 Å². The topological polar surface area (TPSA) is 20.2 Å². The van der Waals surface area contributed by atoms with Gasteiger partial charge in [0.25, 0.3) is 0 Å². The molecule has 0 amide bonds. The maximum atomic E-state index is 13.2. The first kappa shape index (κ1) is 14.1. The summed E-state index contributed by atoms with van der Waals surface area (Å²) in [4.78, 5) is 1.19. The average Bonchev–Trinajstić information content (AvgIpc) is 2.42. The number of hydrogen-bond donors (Lipinski definition) is 1. The number of hydrogen-bond acceptors (Lipinski definition) is 2. The highest BCUT2D eigenvalue weighted by atomic mass is 32.2. The molecule has 2 rings (SSSR count). The van der Waals surface area contributed by atoms with E-state index in [2.05, 4.69) is 6.92 Å². The van der Waals surface area contributed by atoms with E-state index in [9.17, 15) is 9.50 Å². The maximum Gasteiger partial charge on any atom is 0.126 e. The third-order valence-electron chi connectivity index (χ3n) is 3.00. The smallest absolute Gasteiger partial charge is 0.126 e. The van der Waals surface area contributed by atoms with E-state index in [1.807, 2.05) is 24.3 Å². The largest absolute Gasteiger partial charge is 0.384 e. The van der Waals surface area contributed by atoms with E-state index in [0.717, 1.165) is 16.9 Å². The van der Waals surface area contributed by atoms with Gasteiger partial charge in [0.15, 0.2) is 0 Å². The highest BCUT2D eigenvalue weighted by Crippen LogP contribution is 2.26. The lowest BCUT2D eigenvalue weighted by atomic mass is 10.00. The molecule has 0 radical (unpaired) electrons. The Morgan fingerprint density at radius 3 is 2.32 bits per heavy atom. The van der Waals surface area contributed by atoms with Gasteiger partial charge in [-0.2, -0.15) is 0 Å². The third kappa shape index (κ3) is 3.37. The molecule has 3 heteroatoms. The van der Waals surface area contributed by atoms with Crippen LogP contribution in [-0.4, -0.2) is 10.9 Å². The summed E-state index contributed by atoms with van der Waals surface area (Å²) >= 11 is 1.76. The Morgan fingerprint density at radius 1 is 1.11 bits per heavy atom. The molecule has 2 aromatic carbocycles. The molecule has 0 aliphatic heterocycles. The third-order valence-corrected chi connectivity index (χ3v) is 3.90. The average molecular weight is 276 g/mol. The van der Waals surface area contributed by atoms with E-state index in [-0.39, 0.29) is 5.82 Å². The summed E-state index contributed by atoms with van der Waals surface area (Å²) in [5, 5.41) is 10.3. The molecule has 100 valence electrons. The minimum atomic E-state index is -0.708. The van der Waals surface area contributed by atoms with Gasteiger partial charge in [-0.1, -0.05) is 31.2 Å². The van der Waals surface area contributed by atoms with E-state index < -0.39 is 6.10 Å². The van der Waals surface area contributed by atoms with E-state index in [1.54, 1.807) is 30.8 Å². The fourth-order valence-electron chi connectivity index (χ4n) is 1.94. The van der Waals surface area contributed by atoms with Gasteiger partial charge in [0.05, 0.1) is 0 Å². The van der Waals surface area contributed by atoms with E-state index in [0.29, 0.717) is 5.56 Å². The molecule has 0 aliphatic rings. The molecule has 1 atom stereocenters. The summed E-state index contributed by atoms with van der Waals surface area (Å²) < 4.78 is 13.2. The fraction of sp³-hybridized carbons (Fsp3) is 0.250. The Bertz CT molecular complexity index is 551. The van der Waals surface area contributed by atoms with Gasteiger partial charge < -0.3 is 5.11 Å². The fourth-order valence-corrected chi connectivity index (χ4v) is 2.61. The molecule has 0 aromatic heterocycles. The minimum Gasteiger partial charge on any atom is -0.384 e. The summed E-state index contributed by atoms with van der Waals surface area (Å²) in [5.74, 6) is 0.782. The van der Waals surface area contributed by atoms with Crippen molar-refractivity contribution in [2.24, 2.45) is 0 Å². The monoisotopic (exact) mass is 276 g/mol. The summed E-state index contributed by atoms with van der Waals surface area (Å²) in [6.07, 6.45) is -0.708. The summed E-state index contributed by atoms with van der Waals surface area (Å²) in [5.41, 5.74) is 2.09. The van der Waals surface area contributed by atoms with Crippen molar-refractivity contribution in [2.45, 2.75) is 24.8 Å². The van der Waals surface area contributed by atoms with Crippen LogP contribution in [0.15, 0.2) is 47.4 Å². The lowest BCUT2D eigenvalue weighted by Crippen LogP contribution is -2.00. The first-order chi connectivity index (χ1) is 9.11. The van der Waals surface area contributed by atoms with Gasteiger partial charge >= 0.3 is 0 Å². The van der Waals surface area contributed by atoms with E-state index in [4.69, 9.17) is 0 Å². The number of thioether (sulfide) groups is 1. The summed E-state index contributed by atoms with van der Waals surface area (Å²) in [7, 11) is 0. The van der Waals surface area contributed by atoms with E-state index in [1.165, 1.54) is 11.0 Å². The van der Waals surface area contributed by atoms with Crippen molar-refractivity contribution in [2.75, 3.05) is 5.75 Å². The van der Waals surface area contributed by atoms with Crippen molar-refractivity contribution < 1.29 is 9.50 Å². The van der Waals surface area contributed by atoms with Crippen LogP contribution in [0, 0.1) is 12.7 Å². The number of benzene rings is 2. The van der Waals surface area contributed by atoms with E-state index >= 15 is 0 Å². The number of aryl methyl sites for hydroxylation is 1. The highest BCUT2D eigenvalue weighted by Gasteiger charge is 2.11. The molecule has 0 saturated heterocycles. The zero-order valence-corrected chi connectivity index (χ0v) is 11.9. The quantitative estimate of drug-likeness (QED) is 0.839. The lowest BCUT2D eigenvalue weighted by Gasteiger charge is -2.13.